The monoisotopic (exact) mass is 956 g/mol. The second kappa shape index (κ2) is 22.9. The maximum absolute atomic E-state index is 13.3. The summed E-state index contributed by atoms with van der Waals surface area (Å²) in [4.78, 5) is 78.0. The predicted molar refractivity (Wildman–Crippen MR) is 258 cm³/mol. The van der Waals surface area contributed by atoms with Crippen LogP contribution >= 0.6 is 0 Å². The van der Waals surface area contributed by atoms with Crippen molar-refractivity contribution in [2.24, 2.45) is 0 Å². The van der Waals surface area contributed by atoms with Crippen LogP contribution in [0, 0.1) is 0 Å². The Hall–Kier alpha value is -6.64. The molecule has 5 heterocycles. The number of aromatic nitrogens is 4. The quantitative estimate of drug-likeness (QED) is 0.0694. The van der Waals surface area contributed by atoms with Crippen LogP contribution < -0.4 is 21.1 Å². The van der Waals surface area contributed by atoms with Crippen LogP contribution in [0.3, 0.4) is 0 Å². The van der Waals surface area contributed by atoms with Crippen molar-refractivity contribution < 1.29 is 42.9 Å². The van der Waals surface area contributed by atoms with Crippen molar-refractivity contribution in [2.75, 3.05) is 84.6 Å². The maximum atomic E-state index is 13.3. The largest absolute Gasteiger partial charge is 0.457 e. The Morgan fingerprint density at radius 2 is 1.44 bits per heavy atom. The highest BCUT2D eigenvalue weighted by Crippen LogP contribution is 2.38. The number of aryl methyl sites for hydroxylation is 1. The molecule has 3 aliphatic heterocycles. The molecule has 1 aliphatic carbocycles. The number of nitrogens with zero attached hydrogens (tertiary/aromatic N) is 7. The molecule has 3 aromatic carbocycles. The highest BCUT2D eigenvalue weighted by atomic mass is 16.5. The molecule has 1 unspecified atom stereocenters. The first kappa shape index (κ1) is 48.4. The van der Waals surface area contributed by atoms with Crippen LogP contribution in [0.15, 0.2) is 79.1 Å². The number of benzene rings is 3. The number of anilines is 1. The fraction of sp³-hybridized carbons (Fsp3) is 0.451. The summed E-state index contributed by atoms with van der Waals surface area (Å²) in [6, 6.07) is 22.3. The topological polar surface area (TPSA) is 226 Å². The van der Waals surface area contributed by atoms with Gasteiger partial charge >= 0.3 is 0 Å². The van der Waals surface area contributed by atoms with Gasteiger partial charge in [-0.3, -0.25) is 44.0 Å². The smallest absolute Gasteiger partial charge is 0.262 e. The third kappa shape index (κ3) is 11.3. The van der Waals surface area contributed by atoms with E-state index in [1.54, 1.807) is 12.1 Å². The number of piperazine rings is 1. The molecule has 1 atom stereocenters. The van der Waals surface area contributed by atoms with Crippen LogP contribution in [0.25, 0.3) is 22.3 Å². The lowest BCUT2D eigenvalue weighted by atomic mass is 9.90. The minimum atomic E-state index is -1.04. The molecule has 5 amide bonds. The van der Waals surface area contributed by atoms with Crippen molar-refractivity contribution in [1.82, 2.24) is 45.1 Å². The van der Waals surface area contributed by atoms with Gasteiger partial charge in [0.1, 0.15) is 35.4 Å². The number of amides is 5. The highest BCUT2D eigenvalue weighted by Gasteiger charge is 2.45. The molecule has 1 saturated carbocycles. The molecular formula is C51H60N10O9. The van der Waals surface area contributed by atoms with E-state index in [4.69, 9.17) is 29.8 Å². The molecule has 0 spiro atoms. The summed E-state index contributed by atoms with van der Waals surface area (Å²) in [5.74, 6) is -0.520. The van der Waals surface area contributed by atoms with Gasteiger partial charge < -0.3 is 30.0 Å². The van der Waals surface area contributed by atoms with Crippen molar-refractivity contribution in [3.63, 3.8) is 0 Å². The Balaban J connectivity index is 0.605. The van der Waals surface area contributed by atoms with Crippen molar-refractivity contribution in [2.45, 2.75) is 69.5 Å². The van der Waals surface area contributed by atoms with Gasteiger partial charge in [0.15, 0.2) is 5.65 Å². The third-order valence-corrected chi connectivity index (χ3v) is 13.6. The van der Waals surface area contributed by atoms with Crippen LogP contribution in [0.5, 0.6) is 11.5 Å². The fourth-order valence-electron chi connectivity index (χ4n) is 9.91. The Morgan fingerprint density at radius 1 is 0.743 bits per heavy atom. The van der Waals surface area contributed by atoms with E-state index < -0.39 is 29.7 Å². The SMILES string of the molecule is Nc1ncnc2c1c(-c1ccc(Oc3ccccc3)cc1)nn2C1CCC(N2CCN(CCOCCOCCOCCNC(=O)CCc3cccc4c3C(=O)N(C3CCC(=O)NC3=O)C4=O)CC2)CC1. The van der Waals surface area contributed by atoms with Crippen LogP contribution in [-0.2, 0) is 35.0 Å². The number of hydrogen-bond acceptors (Lipinski definition) is 15. The molecule has 3 fully saturated rings. The van der Waals surface area contributed by atoms with Crippen LogP contribution in [-0.4, -0.2) is 155 Å². The molecule has 4 N–H and O–H groups in total. The lowest BCUT2D eigenvalue weighted by Crippen LogP contribution is -2.54. The number of nitrogens with two attached hydrogens (primary N) is 1. The number of para-hydroxylation sites is 1. The van der Waals surface area contributed by atoms with E-state index in [-0.39, 0.29) is 48.8 Å². The van der Waals surface area contributed by atoms with E-state index >= 15 is 0 Å². The van der Waals surface area contributed by atoms with Gasteiger partial charge in [-0.2, -0.15) is 5.10 Å². The molecule has 2 aromatic heterocycles. The molecule has 0 radical (unpaired) electrons. The summed E-state index contributed by atoms with van der Waals surface area (Å²) in [6.07, 6.45) is 6.22. The Morgan fingerprint density at radius 3 is 2.19 bits per heavy atom. The Labute approximate surface area is 406 Å². The van der Waals surface area contributed by atoms with Gasteiger partial charge in [-0.25, -0.2) is 14.6 Å². The fourth-order valence-corrected chi connectivity index (χ4v) is 9.91. The number of carbonyl (C=O) groups is 5. The third-order valence-electron chi connectivity index (χ3n) is 13.6. The second-order valence-electron chi connectivity index (χ2n) is 18.0. The number of hydrogen-bond donors (Lipinski definition) is 3. The van der Waals surface area contributed by atoms with E-state index in [1.165, 1.54) is 12.4 Å². The summed E-state index contributed by atoms with van der Waals surface area (Å²) in [7, 11) is 0. The number of nitrogens with one attached hydrogen (secondary N) is 2. The Kier molecular flexibility index (Phi) is 15.8. The zero-order chi connectivity index (χ0) is 48.4. The van der Waals surface area contributed by atoms with E-state index in [2.05, 4.69) is 35.1 Å². The lowest BCUT2D eigenvalue weighted by Gasteiger charge is -2.42. The van der Waals surface area contributed by atoms with Crippen LogP contribution in [0.4, 0.5) is 5.82 Å². The number of imide groups is 2. The van der Waals surface area contributed by atoms with Gasteiger partial charge in [0.05, 0.1) is 62.2 Å². The van der Waals surface area contributed by atoms with Crippen LogP contribution in [0.1, 0.15) is 77.3 Å². The molecule has 70 heavy (non-hydrogen) atoms. The minimum Gasteiger partial charge on any atom is -0.457 e. The van der Waals surface area contributed by atoms with Gasteiger partial charge in [0.2, 0.25) is 17.7 Å². The normalized spacial score (nSPS) is 19.9. The van der Waals surface area contributed by atoms with E-state index in [1.807, 2.05) is 54.6 Å². The molecule has 0 bridgehead atoms. The average Bonchev–Trinajstić information content (AvgIpc) is 3.89. The number of piperidine rings is 1. The molecular weight excluding hydrogens is 897 g/mol. The first-order chi connectivity index (χ1) is 34.2. The van der Waals surface area contributed by atoms with Gasteiger partial charge in [-0.1, -0.05) is 30.3 Å². The van der Waals surface area contributed by atoms with Crippen molar-refractivity contribution in [3.8, 4) is 22.8 Å². The van der Waals surface area contributed by atoms with Gasteiger partial charge in [0, 0.05) is 63.7 Å². The second-order valence-corrected chi connectivity index (χ2v) is 18.0. The summed E-state index contributed by atoms with van der Waals surface area (Å²) < 4.78 is 25.2. The number of ether oxygens (including phenoxy) is 4. The zero-order valence-electron chi connectivity index (χ0n) is 39.3. The van der Waals surface area contributed by atoms with E-state index in [9.17, 15) is 24.0 Å². The molecule has 4 aliphatic rings. The number of nitrogen functional groups attached to an aromatic ring is 1. The summed E-state index contributed by atoms with van der Waals surface area (Å²) in [5, 5.41) is 10.9. The summed E-state index contributed by atoms with van der Waals surface area (Å²) in [5.41, 5.74) is 9.89. The van der Waals surface area contributed by atoms with Crippen LogP contribution in [0.2, 0.25) is 0 Å². The summed E-state index contributed by atoms with van der Waals surface area (Å²) >= 11 is 0. The first-order valence-electron chi connectivity index (χ1n) is 24.3. The van der Waals surface area contributed by atoms with Gasteiger partial charge in [-0.05, 0) is 86.6 Å². The summed E-state index contributed by atoms with van der Waals surface area (Å²) in [6.45, 7) is 8.02. The Bertz CT molecular complexity index is 2650. The standard InChI is InChI=1S/C51H60N10O9/c52-47-45-46(35-9-16-39(17-10-35)70-38-6-2-1-3-7-38)57-61(48(45)55-33-54-47)37-14-12-36(13-15-37)59-24-22-58(23-25-59)26-28-68-30-32-69-31-29-67-27-21-53-42(62)19-11-34-5-4-8-40-44(34)51(66)60(50(40)65)41-18-20-43(63)56-49(41)64/h1-10,16-17,33,36-37,41H,11-15,18-32H2,(H,53,62)(H2,52,54,55)(H,56,63,64). The maximum Gasteiger partial charge on any atom is 0.262 e. The van der Waals surface area contributed by atoms with Crippen molar-refractivity contribution in [3.05, 3.63) is 95.8 Å². The predicted octanol–water partition coefficient (Wildman–Crippen LogP) is 4.17. The number of rotatable bonds is 21. The minimum absolute atomic E-state index is 0.0443. The lowest BCUT2D eigenvalue weighted by molar-refractivity contribution is -0.136. The zero-order valence-corrected chi connectivity index (χ0v) is 39.3. The van der Waals surface area contributed by atoms with Gasteiger partial charge in [-0.15, -0.1) is 0 Å². The van der Waals surface area contributed by atoms with E-state index in [0.29, 0.717) is 63.6 Å². The first-order valence-corrected chi connectivity index (χ1v) is 24.3. The number of fused-ring (bicyclic) bond motifs is 2. The molecule has 368 valence electrons. The van der Waals surface area contributed by atoms with Gasteiger partial charge in [0.25, 0.3) is 11.8 Å². The average molecular weight is 957 g/mol. The van der Waals surface area contributed by atoms with Crippen molar-refractivity contribution >= 4 is 46.4 Å². The molecule has 19 heteroatoms. The molecule has 19 nitrogen and oxygen atoms in total. The molecule has 9 rings (SSSR count). The molecule has 2 saturated heterocycles. The van der Waals surface area contributed by atoms with E-state index in [0.717, 1.165) is 97.1 Å². The molecule has 5 aromatic rings. The number of carbonyl (C=O) groups excluding carboxylic acids is 5. The highest BCUT2D eigenvalue weighted by molar-refractivity contribution is 6.24. The van der Waals surface area contributed by atoms with Crippen molar-refractivity contribution in [1.29, 1.82) is 0 Å².